The molecule has 0 aliphatic heterocycles. The first-order valence-electron chi connectivity index (χ1n) is 7.38. The van der Waals surface area contributed by atoms with Crippen LogP contribution in [0, 0.1) is 5.92 Å². The van der Waals surface area contributed by atoms with Gasteiger partial charge in [0.25, 0.3) is 5.91 Å². The molecule has 0 spiro atoms. The molecule has 0 unspecified atom stereocenters. The predicted molar refractivity (Wildman–Crippen MR) is 87.5 cm³/mol. The van der Waals surface area contributed by atoms with Crippen LogP contribution in [-0.2, 0) is 4.79 Å². The van der Waals surface area contributed by atoms with E-state index in [4.69, 9.17) is 5.11 Å². The van der Waals surface area contributed by atoms with Crippen LogP contribution in [0.4, 0.5) is 0 Å². The Morgan fingerprint density at radius 3 is 2.83 bits per heavy atom. The average Bonchev–Trinajstić information content (AvgIpc) is 3.16. The van der Waals surface area contributed by atoms with Crippen molar-refractivity contribution in [2.24, 2.45) is 5.92 Å². The molecule has 0 radical (unpaired) electrons. The minimum Gasteiger partial charge on any atom is -0.481 e. The van der Waals surface area contributed by atoms with Gasteiger partial charge in [-0.05, 0) is 43.5 Å². The van der Waals surface area contributed by atoms with Crippen molar-refractivity contribution in [3.63, 3.8) is 0 Å². The molecule has 3 rings (SSSR count). The van der Waals surface area contributed by atoms with Gasteiger partial charge in [-0.15, -0.1) is 0 Å². The highest BCUT2D eigenvalue weighted by Crippen LogP contribution is 2.25. The maximum absolute atomic E-state index is 12.2. The zero-order chi connectivity index (χ0) is 16.4. The van der Waals surface area contributed by atoms with Gasteiger partial charge in [-0.25, -0.2) is 4.68 Å². The lowest BCUT2D eigenvalue weighted by Gasteiger charge is -2.11. The van der Waals surface area contributed by atoms with Crippen LogP contribution < -0.4 is 5.32 Å². The number of carbonyl (C=O) groups excluding carboxylic acids is 1. The fourth-order valence-corrected chi connectivity index (χ4v) is 3.19. The molecule has 1 aromatic heterocycles. The predicted octanol–water partition coefficient (Wildman–Crippen LogP) is 2.62. The van der Waals surface area contributed by atoms with Crippen molar-refractivity contribution in [1.29, 1.82) is 0 Å². The summed E-state index contributed by atoms with van der Waals surface area (Å²) in [5.41, 5.74) is 1.17. The Bertz CT molecular complexity index is 744. The van der Waals surface area contributed by atoms with Crippen LogP contribution in [0.25, 0.3) is 5.69 Å². The van der Waals surface area contributed by atoms with Crippen LogP contribution >= 0.6 is 15.9 Å². The summed E-state index contributed by atoms with van der Waals surface area (Å²) in [6.45, 7) is 0. The van der Waals surface area contributed by atoms with Gasteiger partial charge in [0.05, 0.1) is 11.6 Å². The number of amides is 1. The van der Waals surface area contributed by atoms with Crippen LogP contribution in [0.1, 0.15) is 29.8 Å². The Balaban J connectivity index is 1.66. The van der Waals surface area contributed by atoms with E-state index in [1.165, 1.54) is 0 Å². The van der Waals surface area contributed by atoms with E-state index < -0.39 is 5.97 Å². The van der Waals surface area contributed by atoms with Crippen molar-refractivity contribution in [2.45, 2.75) is 25.3 Å². The summed E-state index contributed by atoms with van der Waals surface area (Å²) in [5, 5.41) is 16.2. The van der Waals surface area contributed by atoms with Crippen molar-refractivity contribution >= 4 is 27.8 Å². The molecule has 6 nitrogen and oxygen atoms in total. The van der Waals surface area contributed by atoms with E-state index in [1.807, 2.05) is 24.3 Å². The Kier molecular flexibility index (Phi) is 4.47. The molecular weight excluding hydrogens is 362 g/mol. The molecule has 1 aliphatic carbocycles. The van der Waals surface area contributed by atoms with Gasteiger partial charge in [0.1, 0.15) is 0 Å². The summed E-state index contributed by atoms with van der Waals surface area (Å²) in [4.78, 5) is 23.2. The molecule has 1 aliphatic rings. The van der Waals surface area contributed by atoms with E-state index in [9.17, 15) is 9.59 Å². The Hall–Kier alpha value is -2.15. The van der Waals surface area contributed by atoms with Gasteiger partial charge in [-0.1, -0.05) is 22.0 Å². The highest BCUT2D eigenvalue weighted by Gasteiger charge is 2.30. The third-order valence-electron chi connectivity index (χ3n) is 4.01. The van der Waals surface area contributed by atoms with Crippen molar-refractivity contribution in [3.8, 4) is 5.69 Å². The Morgan fingerprint density at radius 1 is 1.30 bits per heavy atom. The topological polar surface area (TPSA) is 84.2 Å². The molecule has 0 bridgehead atoms. The van der Waals surface area contributed by atoms with E-state index in [0.29, 0.717) is 25.0 Å². The quantitative estimate of drug-likeness (QED) is 0.857. The monoisotopic (exact) mass is 377 g/mol. The molecule has 7 heteroatoms. The molecule has 2 aromatic rings. The lowest BCUT2D eigenvalue weighted by Crippen LogP contribution is -2.33. The number of aliphatic carboxylic acids is 1. The van der Waals surface area contributed by atoms with Crippen molar-refractivity contribution < 1.29 is 14.7 Å². The number of nitrogens with zero attached hydrogens (tertiary/aromatic N) is 2. The Morgan fingerprint density at radius 2 is 2.13 bits per heavy atom. The SMILES string of the molecule is O=C(N[C@H]1CC[C@@H](C(=O)O)C1)c1ccn(-c2cccc(Br)c2)n1. The number of carboxylic acids is 1. The smallest absolute Gasteiger partial charge is 0.306 e. The van der Waals surface area contributed by atoms with E-state index >= 15 is 0 Å². The minimum atomic E-state index is -0.791. The molecule has 2 atom stereocenters. The third kappa shape index (κ3) is 3.61. The van der Waals surface area contributed by atoms with Crippen molar-refractivity contribution in [2.75, 3.05) is 0 Å². The van der Waals surface area contributed by atoms with Gasteiger partial charge >= 0.3 is 5.97 Å². The van der Waals surface area contributed by atoms with Crippen LogP contribution in [0.3, 0.4) is 0 Å². The zero-order valence-corrected chi connectivity index (χ0v) is 13.9. The first kappa shape index (κ1) is 15.7. The largest absolute Gasteiger partial charge is 0.481 e. The van der Waals surface area contributed by atoms with Gasteiger partial charge in [0.2, 0.25) is 0 Å². The van der Waals surface area contributed by atoms with E-state index in [2.05, 4.69) is 26.3 Å². The summed E-state index contributed by atoms with van der Waals surface area (Å²) in [6, 6.07) is 9.17. The van der Waals surface area contributed by atoms with Gasteiger partial charge < -0.3 is 10.4 Å². The molecule has 1 aromatic carbocycles. The van der Waals surface area contributed by atoms with Gasteiger partial charge in [0.15, 0.2) is 5.69 Å². The number of halogens is 1. The van der Waals surface area contributed by atoms with Crippen LogP contribution in [0.5, 0.6) is 0 Å². The number of carbonyl (C=O) groups is 2. The first-order chi connectivity index (χ1) is 11.0. The summed E-state index contributed by atoms with van der Waals surface area (Å²) in [7, 11) is 0. The molecule has 1 heterocycles. The molecule has 1 fully saturated rings. The average molecular weight is 378 g/mol. The number of hydrogen-bond acceptors (Lipinski definition) is 3. The second-order valence-electron chi connectivity index (χ2n) is 5.64. The first-order valence-corrected chi connectivity index (χ1v) is 8.17. The minimum absolute atomic E-state index is 0.0976. The summed E-state index contributed by atoms with van der Waals surface area (Å²) >= 11 is 3.40. The maximum atomic E-state index is 12.2. The summed E-state index contributed by atoms with van der Waals surface area (Å²) in [5.74, 6) is -1.42. The summed E-state index contributed by atoms with van der Waals surface area (Å²) < 4.78 is 2.57. The molecule has 1 amide bonds. The fourth-order valence-electron chi connectivity index (χ4n) is 2.80. The molecule has 1 saturated carbocycles. The number of rotatable bonds is 4. The second-order valence-corrected chi connectivity index (χ2v) is 6.56. The van der Waals surface area contributed by atoms with E-state index in [1.54, 1.807) is 16.9 Å². The van der Waals surface area contributed by atoms with Gasteiger partial charge in [0, 0.05) is 16.7 Å². The molecule has 2 N–H and O–H groups in total. The third-order valence-corrected chi connectivity index (χ3v) is 4.50. The number of carboxylic acid groups (broad SMARTS) is 1. The van der Waals surface area contributed by atoms with Crippen LogP contribution in [0.15, 0.2) is 41.0 Å². The van der Waals surface area contributed by atoms with Crippen molar-refractivity contribution in [1.82, 2.24) is 15.1 Å². The molecule has 0 saturated heterocycles. The van der Waals surface area contributed by atoms with Gasteiger partial charge in [-0.3, -0.25) is 9.59 Å². The van der Waals surface area contributed by atoms with Crippen LogP contribution in [-0.4, -0.2) is 32.8 Å². The number of aromatic nitrogens is 2. The second kappa shape index (κ2) is 6.54. The molecule has 23 heavy (non-hydrogen) atoms. The maximum Gasteiger partial charge on any atom is 0.306 e. The van der Waals surface area contributed by atoms with Gasteiger partial charge in [-0.2, -0.15) is 5.10 Å². The normalized spacial score (nSPS) is 20.4. The molecule has 120 valence electrons. The van der Waals surface area contributed by atoms with E-state index in [-0.39, 0.29) is 17.9 Å². The highest BCUT2D eigenvalue weighted by atomic mass is 79.9. The van der Waals surface area contributed by atoms with Crippen molar-refractivity contribution in [3.05, 3.63) is 46.7 Å². The highest BCUT2D eigenvalue weighted by molar-refractivity contribution is 9.10. The number of hydrogen-bond donors (Lipinski definition) is 2. The fraction of sp³-hybridized carbons (Fsp3) is 0.312. The number of nitrogens with one attached hydrogen (secondary N) is 1. The van der Waals surface area contributed by atoms with Crippen LogP contribution in [0.2, 0.25) is 0 Å². The number of benzene rings is 1. The zero-order valence-electron chi connectivity index (χ0n) is 12.3. The standard InChI is InChI=1S/C16H16BrN3O3/c17-11-2-1-3-13(9-11)20-7-6-14(19-20)15(21)18-12-5-4-10(8-12)16(22)23/h1-3,6-7,9-10,12H,4-5,8H2,(H,18,21)(H,22,23)/t10-,12+/m1/s1. The summed E-state index contributed by atoms with van der Waals surface area (Å²) in [6.07, 6.45) is 3.50. The molecular formula is C16H16BrN3O3. The van der Waals surface area contributed by atoms with E-state index in [0.717, 1.165) is 10.2 Å². The lowest BCUT2D eigenvalue weighted by molar-refractivity contribution is -0.141. The lowest BCUT2D eigenvalue weighted by atomic mass is 10.1. The Labute approximate surface area is 141 Å².